The van der Waals surface area contributed by atoms with E-state index in [0.29, 0.717) is 6.54 Å². The summed E-state index contributed by atoms with van der Waals surface area (Å²) in [5, 5.41) is 7.12. The molecule has 1 amide bonds. The molecule has 0 radical (unpaired) electrons. The van der Waals surface area contributed by atoms with Gasteiger partial charge in [-0.15, -0.1) is 0 Å². The van der Waals surface area contributed by atoms with Crippen LogP contribution in [0.1, 0.15) is 12.1 Å². The summed E-state index contributed by atoms with van der Waals surface area (Å²) in [4.78, 5) is 14.2. The van der Waals surface area contributed by atoms with Gasteiger partial charge in [-0.05, 0) is 25.6 Å². The van der Waals surface area contributed by atoms with E-state index < -0.39 is 0 Å². The number of carbonyl (C=O) groups is 1. The number of thioether (sulfide) groups is 1. The molecular weight excluding hydrogens is 248 g/mol. The van der Waals surface area contributed by atoms with E-state index in [0.717, 1.165) is 30.4 Å². The van der Waals surface area contributed by atoms with Crippen molar-refractivity contribution in [3.05, 3.63) is 11.8 Å². The third kappa shape index (κ3) is 3.74. The van der Waals surface area contributed by atoms with Crippen molar-refractivity contribution < 1.29 is 4.79 Å². The van der Waals surface area contributed by atoms with Crippen LogP contribution in [0.2, 0.25) is 0 Å². The fourth-order valence-corrected chi connectivity index (χ4v) is 2.99. The van der Waals surface area contributed by atoms with Crippen LogP contribution >= 0.6 is 11.8 Å². The van der Waals surface area contributed by atoms with Gasteiger partial charge in [-0.25, -0.2) is 0 Å². The van der Waals surface area contributed by atoms with E-state index in [1.165, 1.54) is 12.2 Å². The highest BCUT2D eigenvalue weighted by atomic mass is 32.2. The molecule has 6 heteroatoms. The first kappa shape index (κ1) is 13.4. The average Bonchev–Trinajstić information content (AvgIpc) is 2.54. The molecule has 100 valence electrons. The van der Waals surface area contributed by atoms with E-state index in [2.05, 4.69) is 15.3 Å². The summed E-state index contributed by atoms with van der Waals surface area (Å²) in [6, 6.07) is 1.89. The van der Waals surface area contributed by atoms with Gasteiger partial charge < -0.3 is 5.32 Å². The lowest BCUT2D eigenvalue weighted by atomic mass is 10.4. The Kier molecular flexibility index (Phi) is 4.66. The summed E-state index contributed by atoms with van der Waals surface area (Å²) in [5.41, 5.74) is 0.916. The number of hydrogen-bond donors (Lipinski definition) is 1. The molecule has 1 aliphatic rings. The fourth-order valence-electron chi connectivity index (χ4n) is 2.07. The predicted molar refractivity (Wildman–Crippen MR) is 75.0 cm³/mol. The first-order valence-electron chi connectivity index (χ1n) is 6.26. The Morgan fingerprint density at radius 3 is 3.06 bits per heavy atom. The second-order valence-electron chi connectivity index (χ2n) is 4.58. The largest absolute Gasteiger partial charge is 0.310 e. The Hall–Kier alpha value is -1.01. The molecule has 1 aromatic rings. The lowest BCUT2D eigenvalue weighted by molar-refractivity contribution is -0.117. The van der Waals surface area contributed by atoms with E-state index in [4.69, 9.17) is 0 Å². The Balaban J connectivity index is 1.86. The number of nitrogens with one attached hydrogen (secondary N) is 1. The van der Waals surface area contributed by atoms with Gasteiger partial charge in [0.25, 0.3) is 0 Å². The first-order valence-corrected chi connectivity index (χ1v) is 7.41. The highest BCUT2D eigenvalue weighted by molar-refractivity contribution is 7.99. The molecule has 1 N–H and O–H groups in total. The Bertz CT molecular complexity index is 410. The van der Waals surface area contributed by atoms with Gasteiger partial charge in [-0.2, -0.15) is 16.9 Å². The summed E-state index contributed by atoms with van der Waals surface area (Å²) in [6.07, 6.45) is 1.17. The fraction of sp³-hybridized carbons (Fsp3) is 0.667. The van der Waals surface area contributed by atoms with Crippen LogP contribution in [-0.4, -0.2) is 51.7 Å². The highest BCUT2D eigenvalue weighted by Gasteiger charge is 2.14. The van der Waals surface area contributed by atoms with Crippen molar-refractivity contribution in [2.24, 2.45) is 7.05 Å². The molecule has 0 unspecified atom stereocenters. The molecule has 0 atom stereocenters. The summed E-state index contributed by atoms with van der Waals surface area (Å²) in [6.45, 7) is 4.42. The van der Waals surface area contributed by atoms with E-state index in [1.54, 1.807) is 4.68 Å². The minimum Gasteiger partial charge on any atom is -0.310 e. The summed E-state index contributed by atoms with van der Waals surface area (Å²) < 4.78 is 1.70. The van der Waals surface area contributed by atoms with Crippen LogP contribution in [0.3, 0.4) is 0 Å². The topological polar surface area (TPSA) is 50.2 Å². The van der Waals surface area contributed by atoms with Crippen LogP contribution in [0.5, 0.6) is 0 Å². The molecule has 1 aromatic heterocycles. The van der Waals surface area contributed by atoms with Crippen molar-refractivity contribution in [3.8, 4) is 0 Å². The molecule has 0 bridgehead atoms. The SMILES string of the molecule is Cc1cc(NC(=O)CN2CCCSCC2)n(C)n1. The van der Waals surface area contributed by atoms with Crippen LogP contribution in [0, 0.1) is 6.92 Å². The van der Waals surface area contributed by atoms with Crippen molar-refractivity contribution >= 4 is 23.5 Å². The second-order valence-corrected chi connectivity index (χ2v) is 5.81. The van der Waals surface area contributed by atoms with E-state index in [9.17, 15) is 4.79 Å². The van der Waals surface area contributed by atoms with Crippen molar-refractivity contribution in [1.29, 1.82) is 0 Å². The van der Waals surface area contributed by atoms with Gasteiger partial charge in [0.15, 0.2) is 0 Å². The van der Waals surface area contributed by atoms with Gasteiger partial charge in [0.1, 0.15) is 5.82 Å². The van der Waals surface area contributed by atoms with Crippen LogP contribution < -0.4 is 5.32 Å². The van der Waals surface area contributed by atoms with E-state index >= 15 is 0 Å². The quantitative estimate of drug-likeness (QED) is 0.892. The lowest BCUT2D eigenvalue weighted by Crippen LogP contribution is -2.35. The van der Waals surface area contributed by atoms with Crippen LogP contribution in [-0.2, 0) is 11.8 Å². The Labute approximate surface area is 112 Å². The number of nitrogens with zero attached hydrogens (tertiary/aromatic N) is 3. The molecular formula is C12H20N4OS. The maximum Gasteiger partial charge on any atom is 0.239 e. The number of aromatic nitrogens is 2. The smallest absolute Gasteiger partial charge is 0.239 e. The third-order valence-electron chi connectivity index (χ3n) is 2.95. The molecule has 0 aliphatic carbocycles. The number of rotatable bonds is 3. The molecule has 2 heterocycles. The summed E-state index contributed by atoms with van der Waals surface area (Å²) in [7, 11) is 1.84. The van der Waals surface area contributed by atoms with Crippen LogP contribution in [0.15, 0.2) is 6.07 Å². The van der Waals surface area contributed by atoms with Crippen LogP contribution in [0.4, 0.5) is 5.82 Å². The molecule has 0 aromatic carbocycles. The maximum absolute atomic E-state index is 12.0. The molecule has 0 spiro atoms. The van der Waals surface area contributed by atoms with Gasteiger partial charge in [-0.1, -0.05) is 0 Å². The molecule has 2 rings (SSSR count). The number of amides is 1. The van der Waals surface area contributed by atoms with Crippen molar-refractivity contribution in [2.45, 2.75) is 13.3 Å². The van der Waals surface area contributed by atoms with Crippen LogP contribution in [0.25, 0.3) is 0 Å². The molecule has 5 nitrogen and oxygen atoms in total. The maximum atomic E-state index is 12.0. The van der Waals surface area contributed by atoms with Gasteiger partial charge in [0, 0.05) is 25.4 Å². The standard InChI is InChI=1S/C12H20N4OS/c1-10-8-11(15(2)14-10)13-12(17)9-16-4-3-6-18-7-5-16/h8H,3-7,9H2,1-2H3,(H,13,17). The van der Waals surface area contributed by atoms with E-state index in [1.807, 2.05) is 31.8 Å². The number of hydrogen-bond acceptors (Lipinski definition) is 4. The summed E-state index contributed by atoms with van der Waals surface area (Å²) in [5.74, 6) is 3.14. The molecule has 1 saturated heterocycles. The molecule has 18 heavy (non-hydrogen) atoms. The average molecular weight is 268 g/mol. The van der Waals surface area contributed by atoms with Gasteiger partial charge in [-0.3, -0.25) is 14.4 Å². The lowest BCUT2D eigenvalue weighted by Gasteiger charge is -2.18. The van der Waals surface area contributed by atoms with Crippen molar-refractivity contribution in [2.75, 3.05) is 36.5 Å². The summed E-state index contributed by atoms with van der Waals surface area (Å²) >= 11 is 1.97. The number of anilines is 1. The minimum atomic E-state index is 0.0462. The van der Waals surface area contributed by atoms with Crippen molar-refractivity contribution in [1.82, 2.24) is 14.7 Å². The van der Waals surface area contributed by atoms with Gasteiger partial charge in [0.05, 0.1) is 12.2 Å². The molecule has 1 aliphatic heterocycles. The second kappa shape index (κ2) is 6.24. The normalized spacial score (nSPS) is 17.4. The molecule has 0 saturated carbocycles. The first-order chi connectivity index (χ1) is 8.65. The minimum absolute atomic E-state index is 0.0462. The predicted octanol–water partition coefficient (Wildman–Crippen LogP) is 1.11. The van der Waals surface area contributed by atoms with Gasteiger partial charge in [0.2, 0.25) is 5.91 Å². The number of aryl methyl sites for hydroxylation is 2. The number of carbonyl (C=O) groups excluding carboxylic acids is 1. The zero-order valence-electron chi connectivity index (χ0n) is 11.0. The van der Waals surface area contributed by atoms with Crippen molar-refractivity contribution in [3.63, 3.8) is 0 Å². The van der Waals surface area contributed by atoms with Gasteiger partial charge >= 0.3 is 0 Å². The zero-order valence-corrected chi connectivity index (χ0v) is 11.8. The Morgan fingerprint density at radius 1 is 1.50 bits per heavy atom. The van der Waals surface area contributed by atoms with E-state index in [-0.39, 0.29) is 5.91 Å². The Morgan fingerprint density at radius 2 is 2.33 bits per heavy atom. The zero-order chi connectivity index (χ0) is 13.0. The third-order valence-corrected chi connectivity index (χ3v) is 4.00. The highest BCUT2D eigenvalue weighted by Crippen LogP contribution is 2.11. The molecule has 1 fully saturated rings. The monoisotopic (exact) mass is 268 g/mol.